The molecule has 0 N–H and O–H groups in total. The average molecular weight is 583 g/mol. The maximum atomic E-state index is 13.2. The molecule has 6 aromatic rings. The number of rotatable bonds is 6. The molecule has 2 heterocycles. The standard InChI is InChI=1S/C19H20N2O3.C13H7FN2O3/c1-19(2,3)11-10-13-8-9-14(12-16(13)21(22)23)18-20-15-6-4-5-7-17(15)24-18;14-9-6-5-8(7-11(9)16(17)18)13-15-10-3-1-2-4-12(10)19-13/h4-9,12H,10-11H2,1-3H3;1-7H. The summed E-state index contributed by atoms with van der Waals surface area (Å²) in [6, 6.07) is 23.3. The van der Waals surface area contributed by atoms with Crippen LogP contribution in [0.25, 0.3) is 45.1 Å². The van der Waals surface area contributed by atoms with Gasteiger partial charge in [0, 0.05) is 28.8 Å². The lowest BCUT2D eigenvalue weighted by molar-refractivity contribution is -0.387. The first-order valence-electron chi connectivity index (χ1n) is 13.4. The predicted octanol–water partition coefficient (Wildman–Crippen LogP) is 8.92. The molecule has 0 aliphatic rings. The number of fused-ring (bicyclic) bond motifs is 2. The van der Waals surface area contributed by atoms with E-state index in [1.807, 2.05) is 42.5 Å². The second-order valence-electron chi connectivity index (χ2n) is 11.1. The summed E-state index contributed by atoms with van der Waals surface area (Å²) in [5.41, 5.74) is 4.02. The summed E-state index contributed by atoms with van der Waals surface area (Å²) < 4.78 is 24.4. The van der Waals surface area contributed by atoms with Gasteiger partial charge in [-0.25, -0.2) is 9.97 Å². The van der Waals surface area contributed by atoms with Gasteiger partial charge in [-0.1, -0.05) is 51.1 Å². The lowest BCUT2D eigenvalue weighted by Crippen LogP contribution is -2.07. The first-order chi connectivity index (χ1) is 20.5. The number of aryl methyl sites for hydroxylation is 1. The van der Waals surface area contributed by atoms with Crippen LogP contribution in [-0.2, 0) is 6.42 Å². The third-order valence-electron chi connectivity index (χ3n) is 6.65. The highest BCUT2D eigenvalue weighted by molar-refractivity contribution is 5.77. The highest BCUT2D eigenvalue weighted by Crippen LogP contribution is 2.32. The van der Waals surface area contributed by atoms with Crippen LogP contribution in [0, 0.1) is 31.5 Å². The molecule has 6 rings (SSSR count). The van der Waals surface area contributed by atoms with Gasteiger partial charge >= 0.3 is 5.69 Å². The highest BCUT2D eigenvalue weighted by atomic mass is 19.1. The first kappa shape index (κ1) is 29.1. The second-order valence-corrected chi connectivity index (χ2v) is 11.1. The van der Waals surface area contributed by atoms with Crippen LogP contribution in [0.4, 0.5) is 15.8 Å². The minimum Gasteiger partial charge on any atom is -0.436 e. The Morgan fingerprint density at radius 2 is 1.21 bits per heavy atom. The Morgan fingerprint density at radius 1 is 0.721 bits per heavy atom. The third kappa shape index (κ3) is 6.72. The molecule has 0 radical (unpaired) electrons. The molecule has 4 aromatic carbocycles. The number of aromatic nitrogens is 2. The van der Waals surface area contributed by atoms with Gasteiger partial charge in [0.2, 0.25) is 17.6 Å². The molecule has 0 fully saturated rings. The van der Waals surface area contributed by atoms with Crippen LogP contribution in [0.15, 0.2) is 93.8 Å². The van der Waals surface area contributed by atoms with Gasteiger partial charge in [-0.3, -0.25) is 20.2 Å². The van der Waals surface area contributed by atoms with Crippen LogP contribution >= 0.6 is 0 Å². The van der Waals surface area contributed by atoms with Crippen molar-refractivity contribution in [2.24, 2.45) is 5.41 Å². The van der Waals surface area contributed by atoms with Crippen molar-refractivity contribution < 1.29 is 23.1 Å². The fraction of sp³-hybridized carbons (Fsp3) is 0.188. The van der Waals surface area contributed by atoms with E-state index in [4.69, 9.17) is 8.83 Å². The molecule has 0 bridgehead atoms. The fourth-order valence-corrected chi connectivity index (χ4v) is 4.36. The van der Waals surface area contributed by atoms with E-state index < -0.39 is 16.4 Å². The zero-order chi connectivity index (χ0) is 30.7. The molecule has 2 aromatic heterocycles. The van der Waals surface area contributed by atoms with Gasteiger partial charge in [0.25, 0.3) is 5.69 Å². The van der Waals surface area contributed by atoms with Crippen LogP contribution < -0.4 is 0 Å². The average Bonchev–Trinajstić information content (AvgIpc) is 3.61. The molecule has 0 aliphatic carbocycles. The molecule has 0 saturated heterocycles. The van der Waals surface area contributed by atoms with Gasteiger partial charge in [0.05, 0.1) is 9.85 Å². The lowest BCUT2D eigenvalue weighted by Gasteiger charge is -2.17. The SMILES string of the molecule is CC(C)(C)CCc1ccc(-c2nc3ccccc3o2)cc1[N+](=O)[O-].O=[N+]([O-])c1cc(-c2nc3ccccc3o2)ccc1F. The Balaban J connectivity index is 0.000000176. The molecule has 43 heavy (non-hydrogen) atoms. The highest BCUT2D eigenvalue weighted by Gasteiger charge is 2.20. The summed E-state index contributed by atoms with van der Waals surface area (Å²) in [5.74, 6) is -0.254. The van der Waals surface area contributed by atoms with Gasteiger partial charge in [-0.05, 0) is 60.7 Å². The fourth-order valence-electron chi connectivity index (χ4n) is 4.36. The third-order valence-corrected chi connectivity index (χ3v) is 6.65. The number of hydrogen-bond acceptors (Lipinski definition) is 8. The van der Waals surface area contributed by atoms with E-state index in [0.717, 1.165) is 29.6 Å². The second kappa shape index (κ2) is 11.8. The summed E-state index contributed by atoms with van der Waals surface area (Å²) in [6.45, 7) is 6.39. The summed E-state index contributed by atoms with van der Waals surface area (Å²) >= 11 is 0. The van der Waals surface area contributed by atoms with E-state index in [1.54, 1.807) is 24.3 Å². The van der Waals surface area contributed by atoms with Crippen LogP contribution in [0.3, 0.4) is 0 Å². The number of para-hydroxylation sites is 4. The van der Waals surface area contributed by atoms with Gasteiger partial charge in [-0.15, -0.1) is 0 Å². The Kier molecular flexibility index (Phi) is 7.98. The molecule has 0 atom stereocenters. The van der Waals surface area contributed by atoms with Crippen molar-refractivity contribution in [3.05, 3.63) is 117 Å². The number of nitro benzene ring substituents is 2. The van der Waals surface area contributed by atoms with E-state index in [-0.39, 0.29) is 21.9 Å². The molecule has 0 aliphatic heterocycles. The van der Waals surface area contributed by atoms with Crippen molar-refractivity contribution in [1.82, 2.24) is 9.97 Å². The molecular formula is C32H27FN4O6. The predicted molar refractivity (Wildman–Crippen MR) is 160 cm³/mol. The van der Waals surface area contributed by atoms with Gasteiger partial charge in [-0.2, -0.15) is 4.39 Å². The Morgan fingerprint density at radius 3 is 1.70 bits per heavy atom. The van der Waals surface area contributed by atoms with Crippen molar-refractivity contribution in [2.45, 2.75) is 33.6 Å². The molecule has 10 nitrogen and oxygen atoms in total. The molecule has 0 amide bonds. The number of oxazole rings is 2. The number of nitro groups is 2. The number of halogens is 1. The van der Waals surface area contributed by atoms with Gasteiger partial charge in [0.15, 0.2) is 11.2 Å². The van der Waals surface area contributed by atoms with E-state index in [9.17, 15) is 24.6 Å². The first-order valence-corrected chi connectivity index (χ1v) is 13.4. The molecule has 11 heteroatoms. The lowest BCUT2D eigenvalue weighted by atomic mass is 9.88. The van der Waals surface area contributed by atoms with Crippen LogP contribution in [0.2, 0.25) is 0 Å². The largest absolute Gasteiger partial charge is 0.436 e. The summed E-state index contributed by atoms with van der Waals surface area (Å²) in [5, 5.41) is 22.1. The quantitative estimate of drug-likeness (QED) is 0.140. The van der Waals surface area contributed by atoms with E-state index >= 15 is 0 Å². The number of nitrogens with zero attached hydrogens (tertiary/aromatic N) is 4. The zero-order valence-electron chi connectivity index (χ0n) is 23.6. The smallest absolute Gasteiger partial charge is 0.305 e. The molecule has 0 unspecified atom stereocenters. The van der Waals surface area contributed by atoms with Crippen LogP contribution in [0.5, 0.6) is 0 Å². The maximum absolute atomic E-state index is 13.2. The van der Waals surface area contributed by atoms with E-state index in [0.29, 0.717) is 40.1 Å². The topological polar surface area (TPSA) is 138 Å². The molecular weight excluding hydrogens is 555 g/mol. The zero-order valence-corrected chi connectivity index (χ0v) is 23.6. The van der Waals surface area contributed by atoms with Crippen molar-refractivity contribution in [1.29, 1.82) is 0 Å². The van der Waals surface area contributed by atoms with E-state index in [2.05, 4.69) is 30.7 Å². The van der Waals surface area contributed by atoms with Crippen LogP contribution in [0.1, 0.15) is 32.8 Å². The van der Waals surface area contributed by atoms with Crippen molar-refractivity contribution >= 4 is 33.6 Å². The van der Waals surface area contributed by atoms with Crippen LogP contribution in [-0.4, -0.2) is 19.8 Å². The molecule has 0 saturated carbocycles. The summed E-state index contributed by atoms with van der Waals surface area (Å²) in [6.07, 6.45) is 1.56. The Labute approximate surface area is 245 Å². The van der Waals surface area contributed by atoms with E-state index in [1.165, 1.54) is 6.07 Å². The Hall–Kier alpha value is -5.45. The number of benzene rings is 4. The minimum atomic E-state index is -0.884. The maximum Gasteiger partial charge on any atom is 0.305 e. The van der Waals surface area contributed by atoms with Gasteiger partial charge < -0.3 is 8.83 Å². The number of hydrogen-bond donors (Lipinski definition) is 0. The van der Waals surface area contributed by atoms with Crippen molar-refractivity contribution in [3.8, 4) is 22.9 Å². The monoisotopic (exact) mass is 582 g/mol. The molecule has 0 spiro atoms. The minimum absolute atomic E-state index is 0.124. The van der Waals surface area contributed by atoms with Gasteiger partial charge in [0.1, 0.15) is 11.0 Å². The summed E-state index contributed by atoms with van der Waals surface area (Å²) in [4.78, 5) is 29.7. The summed E-state index contributed by atoms with van der Waals surface area (Å²) in [7, 11) is 0. The molecule has 218 valence electrons. The Bertz CT molecular complexity index is 1890. The van der Waals surface area contributed by atoms with Crippen molar-refractivity contribution in [2.75, 3.05) is 0 Å². The van der Waals surface area contributed by atoms with Crippen molar-refractivity contribution in [3.63, 3.8) is 0 Å². The normalized spacial score (nSPS) is 11.3.